The van der Waals surface area contributed by atoms with Crippen molar-refractivity contribution >= 4 is 17.3 Å². The number of benzene rings is 2. The molecule has 156 valence electrons. The van der Waals surface area contributed by atoms with Crippen LogP contribution in [0.2, 0.25) is 0 Å². The van der Waals surface area contributed by atoms with E-state index in [1.807, 2.05) is 49.2 Å². The number of likely N-dealkylation sites (N-methyl/N-ethyl adjacent to an activating group) is 1. The maximum absolute atomic E-state index is 12.8. The third kappa shape index (κ3) is 4.68. The summed E-state index contributed by atoms with van der Waals surface area (Å²) in [5, 5.41) is 14.4. The molecule has 0 spiro atoms. The number of ether oxygens (including phenoxy) is 3. The Balaban J connectivity index is 2.29. The van der Waals surface area contributed by atoms with Crippen molar-refractivity contribution in [3.05, 3.63) is 52.1 Å². The Morgan fingerprint density at radius 2 is 1.76 bits per heavy atom. The van der Waals surface area contributed by atoms with Crippen molar-refractivity contribution in [3.8, 4) is 17.2 Å². The number of hydrogen-bond donors (Lipinski definition) is 1. The second-order valence-corrected chi connectivity index (χ2v) is 6.30. The van der Waals surface area contributed by atoms with Crippen LogP contribution in [-0.4, -0.2) is 51.8 Å². The van der Waals surface area contributed by atoms with Crippen molar-refractivity contribution < 1.29 is 23.9 Å². The van der Waals surface area contributed by atoms with Gasteiger partial charge in [-0.1, -0.05) is 18.2 Å². The molecule has 0 saturated carbocycles. The number of nitro groups is 1. The maximum Gasteiger partial charge on any atom is 0.327 e. The molecular weight excluding hydrogens is 378 g/mol. The Bertz CT molecular complexity index is 872. The number of anilines is 1. The summed E-state index contributed by atoms with van der Waals surface area (Å²) < 4.78 is 15.5. The molecule has 2 aromatic carbocycles. The molecule has 1 atom stereocenters. The van der Waals surface area contributed by atoms with Crippen molar-refractivity contribution in [1.82, 2.24) is 5.32 Å². The molecule has 1 N–H and O–H groups in total. The van der Waals surface area contributed by atoms with Gasteiger partial charge in [0.15, 0.2) is 5.75 Å². The minimum Gasteiger partial charge on any atom is -0.493 e. The van der Waals surface area contributed by atoms with Crippen LogP contribution < -0.4 is 24.4 Å². The van der Waals surface area contributed by atoms with Gasteiger partial charge in [-0.15, -0.1) is 0 Å². The van der Waals surface area contributed by atoms with Gasteiger partial charge in [0.2, 0.25) is 11.5 Å². The zero-order valence-electron chi connectivity index (χ0n) is 17.1. The summed E-state index contributed by atoms with van der Waals surface area (Å²) in [4.78, 5) is 25.8. The Kier molecular flexibility index (Phi) is 7.24. The van der Waals surface area contributed by atoms with Gasteiger partial charge in [0.1, 0.15) is 5.56 Å². The first-order chi connectivity index (χ1) is 13.8. The number of carbonyl (C=O) groups is 1. The third-order valence-electron chi connectivity index (χ3n) is 4.61. The van der Waals surface area contributed by atoms with Gasteiger partial charge in [0, 0.05) is 31.4 Å². The fraction of sp³-hybridized carbons (Fsp3) is 0.350. The Morgan fingerprint density at radius 1 is 1.14 bits per heavy atom. The van der Waals surface area contributed by atoms with Crippen molar-refractivity contribution in [2.45, 2.75) is 13.0 Å². The molecule has 29 heavy (non-hydrogen) atoms. The predicted octanol–water partition coefficient (Wildman–Crippen LogP) is 2.88. The summed E-state index contributed by atoms with van der Waals surface area (Å²) in [7, 11) is 5.89. The summed E-state index contributed by atoms with van der Waals surface area (Å²) in [5.41, 5.74) is 0.346. The predicted molar refractivity (Wildman–Crippen MR) is 109 cm³/mol. The summed E-state index contributed by atoms with van der Waals surface area (Å²) >= 11 is 0. The van der Waals surface area contributed by atoms with E-state index in [0.717, 1.165) is 5.69 Å². The number of carbonyl (C=O) groups excluding carboxylic acids is 1. The smallest absolute Gasteiger partial charge is 0.327 e. The summed E-state index contributed by atoms with van der Waals surface area (Å²) in [6.07, 6.45) is 0. The van der Waals surface area contributed by atoms with Crippen LogP contribution in [0.4, 0.5) is 11.4 Å². The minimum atomic E-state index is -0.671. The SMILES string of the molecule is COc1cc(C(=O)NCC(C)N(C)c2ccccc2)c([N+](=O)[O-])c(OC)c1OC. The number of para-hydroxylation sites is 1. The van der Waals surface area contributed by atoms with Gasteiger partial charge in [-0.25, -0.2) is 0 Å². The number of rotatable bonds is 9. The quantitative estimate of drug-likeness (QED) is 0.507. The van der Waals surface area contributed by atoms with Gasteiger partial charge in [-0.3, -0.25) is 14.9 Å². The summed E-state index contributed by atoms with van der Waals surface area (Å²) in [5.74, 6) is -0.564. The number of nitrogens with zero attached hydrogens (tertiary/aromatic N) is 2. The average molecular weight is 403 g/mol. The highest BCUT2D eigenvalue weighted by Crippen LogP contribution is 2.46. The lowest BCUT2D eigenvalue weighted by Gasteiger charge is -2.27. The number of amides is 1. The van der Waals surface area contributed by atoms with Crippen molar-refractivity contribution in [3.63, 3.8) is 0 Å². The average Bonchev–Trinajstić information content (AvgIpc) is 2.75. The molecule has 0 fully saturated rings. The molecule has 2 rings (SSSR count). The first-order valence-electron chi connectivity index (χ1n) is 8.89. The maximum atomic E-state index is 12.8. The van der Waals surface area contributed by atoms with Gasteiger partial charge in [0.25, 0.3) is 5.91 Å². The van der Waals surface area contributed by atoms with Crippen molar-refractivity contribution in [1.29, 1.82) is 0 Å². The first-order valence-corrected chi connectivity index (χ1v) is 8.89. The zero-order chi connectivity index (χ0) is 21.6. The first kappa shape index (κ1) is 21.8. The monoisotopic (exact) mass is 403 g/mol. The second kappa shape index (κ2) is 9.63. The number of hydrogen-bond acceptors (Lipinski definition) is 7. The largest absolute Gasteiger partial charge is 0.493 e. The van der Waals surface area contributed by atoms with Gasteiger partial charge in [0.05, 0.1) is 26.3 Å². The molecule has 0 heterocycles. The Labute approximate surface area is 169 Å². The summed E-state index contributed by atoms with van der Waals surface area (Å²) in [6, 6.07) is 10.9. The molecule has 9 heteroatoms. The normalized spacial score (nSPS) is 11.3. The highest BCUT2D eigenvalue weighted by molar-refractivity contribution is 6.00. The standard InChI is InChI=1S/C20H25N3O6/c1-13(22(2)14-9-7-6-8-10-14)12-21-20(24)15-11-16(27-3)18(28-4)19(29-5)17(15)23(25)26/h6-11,13H,12H2,1-5H3,(H,21,24). The molecule has 0 aromatic heterocycles. The Morgan fingerprint density at radius 3 is 2.28 bits per heavy atom. The van der Waals surface area contributed by atoms with E-state index in [1.54, 1.807) is 0 Å². The van der Waals surface area contributed by atoms with Crippen molar-refractivity contribution in [2.75, 3.05) is 39.8 Å². The van der Waals surface area contributed by atoms with Crippen molar-refractivity contribution in [2.24, 2.45) is 0 Å². The second-order valence-electron chi connectivity index (χ2n) is 6.30. The van der Waals surface area contributed by atoms with Crippen LogP contribution in [0, 0.1) is 10.1 Å². The van der Waals surface area contributed by atoms with E-state index in [4.69, 9.17) is 14.2 Å². The summed E-state index contributed by atoms with van der Waals surface area (Å²) in [6.45, 7) is 2.22. The third-order valence-corrected chi connectivity index (χ3v) is 4.61. The van der Waals surface area contributed by atoms with Crippen LogP contribution in [0.25, 0.3) is 0 Å². The molecule has 9 nitrogen and oxygen atoms in total. The van der Waals surface area contributed by atoms with Crippen LogP contribution in [0.5, 0.6) is 17.2 Å². The molecule has 0 bridgehead atoms. The minimum absolute atomic E-state index is 0.0513. The topological polar surface area (TPSA) is 103 Å². The molecule has 1 amide bonds. The molecule has 0 aliphatic rings. The van der Waals surface area contributed by atoms with Crippen LogP contribution in [0.3, 0.4) is 0 Å². The van der Waals surface area contributed by atoms with E-state index >= 15 is 0 Å². The lowest BCUT2D eigenvalue weighted by Crippen LogP contribution is -2.40. The number of methoxy groups -OCH3 is 3. The van der Waals surface area contributed by atoms with E-state index in [0.29, 0.717) is 0 Å². The van der Waals surface area contributed by atoms with E-state index in [9.17, 15) is 14.9 Å². The van der Waals surface area contributed by atoms with Gasteiger partial charge in [-0.2, -0.15) is 0 Å². The van der Waals surface area contributed by atoms with Crippen LogP contribution in [0.1, 0.15) is 17.3 Å². The molecular formula is C20H25N3O6. The van der Waals surface area contributed by atoms with E-state index < -0.39 is 16.5 Å². The van der Waals surface area contributed by atoms with E-state index in [1.165, 1.54) is 27.4 Å². The fourth-order valence-corrected chi connectivity index (χ4v) is 2.89. The number of nitrogens with one attached hydrogen (secondary N) is 1. The lowest BCUT2D eigenvalue weighted by atomic mass is 10.1. The lowest BCUT2D eigenvalue weighted by molar-refractivity contribution is -0.386. The van der Waals surface area contributed by atoms with Gasteiger partial charge < -0.3 is 24.4 Å². The molecule has 1 unspecified atom stereocenters. The van der Waals surface area contributed by atoms with Gasteiger partial charge in [-0.05, 0) is 19.1 Å². The molecule has 0 radical (unpaired) electrons. The van der Waals surface area contributed by atoms with Crippen LogP contribution in [0.15, 0.2) is 36.4 Å². The molecule has 0 aliphatic carbocycles. The van der Waals surface area contributed by atoms with E-state index in [-0.39, 0.29) is 35.4 Å². The molecule has 0 saturated heterocycles. The number of nitro benzene ring substituents is 1. The van der Waals surface area contributed by atoms with E-state index in [2.05, 4.69) is 5.32 Å². The van der Waals surface area contributed by atoms with Crippen LogP contribution >= 0.6 is 0 Å². The highest BCUT2D eigenvalue weighted by atomic mass is 16.6. The fourth-order valence-electron chi connectivity index (χ4n) is 2.89. The van der Waals surface area contributed by atoms with Gasteiger partial charge >= 0.3 is 5.69 Å². The zero-order valence-corrected chi connectivity index (χ0v) is 17.1. The highest BCUT2D eigenvalue weighted by Gasteiger charge is 2.32. The van der Waals surface area contributed by atoms with Crippen LogP contribution in [-0.2, 0) is 0 Å². The molecule has 0 aliphatic heterocycles. The molecule has 2 aromatic rings. The Hall–Kier alpha value is -3.49.